The Hall–Kier alpha value is -3.98. The number of rotatable bonds is 7. The zero-order chi connectivity index (χ0) is 23.4. The van der Waals surface area contributed by atoms with E-state index in [4.69, 9.17) is 0 Å². The zero-order valence-corrected chi connectivity index (χ0v) is 19.3. The normalized spacial score (nSPS) is 11.1. The Morgan fingerprint density at radius 1 is 0.667 bits per heavy atom. The summed E-state index contributed by atoms with van der Waals surface area (Å²) in [5, 5.41) is 6.41. The van der Waals surface area contributed by atoms with Gasteiger partial charge in [-0.25, -0.2) is 23.4 Å². The van der Waals surface area contributed by atoms with Gasteiger partial charge in [0.25, 0.3) is 10.0 Å². The van der Waals surface area contributed by atoms with Crippen LogP contribution in [0.25, 0.3) is 0 Å². The van der Waals surface area contributed by atoms with Crippen LogP contribution in [0.15, 0.2) is 77.8 Å². The van der Waals surface area contributed by atoms with E-state index in [-0.39, 0.29) is 4.90 Å². The molecule has 0 bridgehead atoms. The minimum Gasteiger partial charge on any atom is -0.340 e. The number of aromatic nitrogens is 3. The van der Waals surface area contributed by atoms with Crippen molar-refractivity contribution >= 4 is 38.9 Å². The van der Waals surface area contributed by atoms with Crippen LogP contribution in [0.2, 0.25) is 0 Å². The molecule has 2 aromatic heterocycles. The lowest BCUT2D eigenvalue weighted by Crippen LogP contribution is -2.12. The Labute approximate surface area is 193 Å². The molecular weight excluding hydrogens is 436 g/mol. The first-order chi connectivity index (χ1) is 15.8. The Balaban J connectivity index is 1.46. The highest BCUT2D eigenvalue weighted by molar-refractivity contribution is 7.92. The molecule has 0 aliphatic rings. The average molecular weight is 461 g/mol. The molecule has 2 heterocycles. The molecule has 0 atom stereocenters. The molecule has 0 aliphatic heterocycles. The smallest absolute Gasteiger partial charge is 0.261 e. The second-order valence-electron chi connectivity index (χ2n) is 7.65. The summed E-state index contributed by atoms with van der Waals surface area (Å²) in [7, 11) is -3.65. The third-order valence-electron chi connectivity index (χ3n) is 4.75. The van der Waals surface area contributed by atoms with E-state index >= 15 is 0 Å². The standard InChI is InChI=1S/C24H24N6O2S/c1-16-4-10-21(11-5-16)33(31,32)30-20-8-6-19(7-9-20)28-23-15-24(27-18(3)26-23)29-22-14-17(2)12-13-25-22/h4-15,30H,1-3H3,(H2,25,26,27,28,29). The van der Waals surface area contributed by atoms with Gasteiger partial charge in [0.1, 0.15) is 23.3 Å². The molecule has 0 aliphatic carbocycles. The highest BCUT2D eigenvalue weighted by Crippen LogP contribution is 2.23. The summed E-state index contributed by atoms with van der Waals surface area (Å²) in [5.74, 6) is 2.51. The van der Waals surface area contributed by atoms with Gasteiger partial charge in [-0.3, -0.25) is 4.72 Å². The van der Waals surface area contributed by atoms with Crippen LogP contribution in [-0.2, 0) is 10.0 Å². The van der Waals surface area contributed by atoms with Gasteiger partial charge in [-0.15, -0.1) is 0 Å². The topological polar surface area (TPSA) is 109 Å². The van der Waals surface area contributed by atoms with Crippen molar-refractivity contribution in [1.29, 1.82) is 0 Å². The second kappa shape index (κ2) is 9.25. The lowest BCUT2D eigenvalue weighted by Gasteiger charge is -2.12. The van der Waals surface area contributed by atoms with Crippen molar-refractivity contribution in [3.63, 3.8) is 0 Å². The lowest BCUT2D eigenvalue weighted by atomic mass is 10.2. The zero-order valence-electron chi connectivity index (χ0n) is 18.5. The Morgan fingerprint density at radius 3 is 1.97 bits per heavy atom. The van der Waals surface area contributed by atoms with Crippen molar-refractivity contribution in [3.05, 3.63) is 89.9 Å². The molecule has 0 amide bonds. The van der Waals surface area contributed by atoms with Crippen molar-refractivity contribution in [3.8, 4) is 0 Å². The fraction of sp³-hybridized carbons (Fsp3) is 0.125. The number of benzene rings is 2. The predicted octanol–water partition coefficient (Wildman–Crippen LogP) is 5.08. The third kappa shape index (κ3) is 5.83. The van der Waals surface area contributed by atoms with Gasteiger partial charge in [-0.05, 0) is 74.9 Å². The van der Waals surface area contributed by atoms with Crippen LogP contribution in [0.3, 0.4) is 0 Å². The van der Waals surface area contributed by atoms with E-state index in [0.29, 0.717) is 29.0 Å². The van der Waals surface area contributed by atoms with Crippen LogP contribution in [0, 0.1) is 20.8 Å². The fourth-order valence-corrected chi connectivity index (χ4v) is 4.19. The lowest BCUT2D eigenvalue weighted by molar-refractivity contribution is 0.601. The molecule has 0 saturated carbocycles. The van der Waals surface area contributed by atoms with E-state index in [1.807, 2.05) is 32.9 Å². The van der Waals surface area contributed by atoms with Crippen LogP contribution in [0.1, 0.15) is 17.0 Å². The fourth-order valence-electron chi connectivity index (χ4n) is 3.13. The van der Waals surface area contributed by atoms with E-state index in [0.717, 1.165) is 16.8 Å². The quantitative estimate of drug-likeness (QED) is 0.353. The molecule has 0 spiro atoms. The van der Waals surface area contributed by atoms with E-state index in [1.54, 1.807) is 60.8 Å². The van der Waals surface area contributed by atoms with Crippen molar-refractivity contribution < 1.29 is 8.42 Å². The van der Waals surface area contributed by atoms with Crippen molar-refractivity contribution in [1.82, 2.24) is 15.0 Å². The highest BCUT2D eigenvalue weighted by Gasteiger charge is 2.13. The Morgan fingerprint density at radius 2 is 1.30 bits per heavy atom. The molecule has 4 rings (SSSR count). The SMILES string of the molecule is Cc1ccc(S(=O)(=O)Nc2ccc(Nc3cc(Nc4cc(C)ccn4)nc(C)n3)cc2)cc1. The summed E-state index contributed by atoms with van der Waals surface area (Å²) in [6, 6.07) is 19.3. The molecule has 33 heavy (non-hydrogen) atoms. The summed E-state index contributed by atoms with van der Waals surface area (Å²) >= 11 is 0. The van der Waals surface area contributed by atoms with Crippen LogP contribution < -0.4 is 15.4 Å². The van der Waals surface area contributed by atoms with Crippen molar-refractivity contribution in [2.75, 3.05) is 15.4 Å². The average Bonchev–Trinajstić information content (AvgIpc) is 2.75. The molecule has 4 aromatic rings. The summed E-state index contributed by atoms with van der Waals surface area (Å²) in [4.78, 5) is 13.3. The van der Waals surface area contributed by atoms with Gasteiger partial charge in [0.2, 0.25) is 0 Å². The molecule has 2 aromatic carbocycles. The van der Waals surface area contributed by atoms with Crippen LogP contribution in [0.5, 0.6) is 0 Å². The van der Waals surface area contributed by atoms with Gasteiger partial charge in [-0.2, -0.15) is 0 Å². The maximum atomic E-state index is 12.6. The molecule has 0 radical (unpaired) electrons. The summed E-state index contributed by atoms with van der Waals surface area (Å²) in [6.07, 6.45) is 1.74. The van der Waals surface area contributed by atoms with E-state index < -0.39 is 10.0 Å². The maximum Gasteiger partial charge on any atom is 0.261 e. The molecule has 0 saturated heterocycles. The molecular formula is C24H24N6O2S. The number of anilines is 5. The van der Waals surface area contributed by atoms with E-state index in [1.165, 1.54) is 0 Å². The minimum atomic E-state index is -3.65. The van der Waals surface area contributed by atoms with Crippen LogP contribution in [-0.4, -0.2) is 23.4 Å². The number of nitrogens with one attached hydrogen (secondary N) is 3. The van der Waals surface area contributed by atoms with Gasteiger partial charge in [0.15, 0.2) is 0 Å². The number of nitrogens with zero attached hydrogens (tertiary/aromatic N) is 3. The summed E-state index contributed by atoms with van der Waals surface area (Å²) in [5.41, 5.74) is 3.31. The van der Waals surface area contributed by atoms with Crippen LogP contribution in [0.4, 0.5) is 28.8 Å². The molecule has 8 nitrogen and oxygen atoms in total. The van der Waals surface area contributed by atoms with Crippen LogP contribution >= 0.6 is 0 Å². The minimum absolute atomic E-state index is 0.217. The van der Waals surface area contributed by atoms with Crippen molar-refractivity contribution in [2.45, 2.75) is 25.7 Å². The highest BCUT2D eigenvalue weighted by atomic mass is 32.2. The first-order valence-electron chi connectivity index (χ1n) is 10.3. The van der Waals surface area contributed by atoms with E-state index in [2.05, 4.69) is 30.3 Å². The molecule has 9 heteroatoms. The number of aryl methyl sites for hydroxylation is 3. The second-order valence-corrected chi connectivity index (χ2v) is 9.33. The number of hydrogen-bond acceptors (Lipinski definition) is 7. The first-order valence-corrected chi connectivity index (χ1v) is 11.8. The third-order valence-corrected chi connectivity index (χ3v) is 6.15. The van der Waals surface area contributed by atoms with Gasteiger partial charge in [0, 0.05) is 23.6 Å². The Kier molecular flexibility index (Phi) is 6.23. The van der Waals surface area contributed by atoms with Gasteiger partial charge < -0.3 is 10.6 Å². The van der Waals surface area contributed by atoms with Gasteiger partial charge in [-0.1, -0.05) is 17.7 Å². The monoisotopic (exact) mass is 460 g/mol. The number of pyridine rings is 1. The summed E-state index contributed by atoms with van der Waals surface area (Å²) < 4.78 is 27.8. The van der Waals surface area contributed by atoms with Crippen molar-refractivity contribution in [2.24, 2.45) is 0 Å². The molecule has 168 valence electrons. The first kappa shape index (κ1) is 22.2. The van der Waals surface area contributed by atoms with Gasteiger partial charge >= 0.3 is 0 Å². The predicted molar refractivity (Wildman–Crippen MR) is 131 cm³/mol. The maximum absolute atomic E-state index is 12.6. The Bertz CT molecular complexity index is 1370. The summed E-state index contributed by atoms with van der Waals surface area (Å²) in [6.45, 7) is 5.71. The van der Waals surface area contributed by atoms with E-state index in [9.17, 15) is 8.42 Å². The number of hydrogen-bond donors (Lipinski definition) is 3. The molecule has 0 fully saturated rings. The largest absolute Gasteiger partial charge is 0.340 e. The van der Waals surface area contributed by atoms with Gasteiger partial charge in [0.05, 0.1) is 4.90 Å². The molecule has 0 unspecified atom stereocenters. The molecule has 3 N–H and O–H groups in total. The number of sulfonamides is 1.